The number of amidine groups is 1. The van der Waals surface area contributed by atoms with Crippen molar-refractivity contribution >= 4 is 45.7 Å². The zero-order valence-electron chi connectivity index (χ0n) is 53.0. The monoisotopic (exact) mass is 1190 g/mol. The van der Waals surface area contributed by atoms with Gasteiger partial charge in [0.1, 0.15) is 36.1 Å². The summed E-state index contributed by atoms with van der Waals surface area (Å²) in [5, 5.41) is 30.1. The van der Waals surface area contributed by atoms with Crippen LogP contribution >= 0.6 is 34.0 Å². The van der Waals surface area contributed by atoms with Crippen molar-refractivity contribution in [1.29, 1.82) is 0 Å². The van der Waals surface area contributed by atoms with Crippen molar-refractivity contribution in [3.63, 3.8) is 0 Å². The Labute approximate surface area is 502 Å². The number of H-pyrrole nitrogens is 1. The molecule has 8 aromatic heterocycles. The second-order valence-electron chi connectivity index (χ2n) is 21.3. The summed E-state index contributed by atoms with van der Waals surface area (Å²) in [6, 6.07) is 2.63. The highest BCUT2D eigenvalue weighted by Crippen LogP contribution is 2.17. The fourth-order valence-electron chi connectivity index (χ4n) is 5.21. The molecule has 0 saturated carbocycles. The Morgan fingerprint density at radius 1 is 0.573 bits per heavy atom. The van der Waals surface area contributed by atoms with E-state index in [9.17, 15) is 0 Å². The van der Waals surface area contributed by atoms with Crippen LogP contribution in [0.25, 0.3) is 0 Å². The first-order chi connectivity index (χ1) is 39.0. The van der Waals surface area contributed by atoms with Crippen LogP contribution in [-0.4, -0.2) is 118 Å². The highest BCUT2D eigenvalue weighted by molar-refractivity contribution is 7.10. The van der Waals surface area contributed by atoms with Crippen molar-refractivity contribution in [2.45, 2.75) is 187 Å². The Morgan fingerprint density at radius 2 is 1.26 bits per heavy atom. The third-order valence-electron chi connectivity index (χ3n) is 9.64. The molecule has 0 atom stereocenters. The minimum atomic E-state index is 0.369. The highest BCUT2D eigenvalue weighted by Gasteiger charge is 2.10. The molecule has 82 heavy (non-hydrogen) atoms. The van der Waals surface area contributed by atoms with Crippen molar-refractivity contribution in [3.8, 4) is 0 Å². The lowest BCUT2D eigenvalue weighted by Crippen LogP contribution is -2.23. The van der Waals surface area contributed by atoms with Gasteiger partial charge in [-0.1, -0.05) is 128 Å². The van der Waals surface area contributed by atoms with E-state index in [1.807, 2.05) is 49.5 Å². The van der Waals surface area contributed by atoms with Gasteiger partial charge < -0.3 is 19.6 Å². The van der Waals surface area contributed by atoms with Crippen molar-refractivity contribution in [1.82, 2.24) is 85.3 Å². The van der Waals surface area contributed by atoms with E-state index in [4.69, 9.17) is 4.74 Å². The van der Waals surface area contributed by atoms with Crippen molar-refractivity contribution in [2.75, 3.05) is 26.2 Å². The van der Waals surface area contributed by atoms with E-state index >= 15 is 0 Å². The summed E-state index contributed by atoms with van der Waals surface area (Å²) in [6.45, 7) is 48.0. The van der Waals surface area contributed by atoms with Crippen molar-refractivity contribution < 1.29 is 9.26 Å². The molecular weight excluding hydrogens is 1090 g/mol. The molecule has 0 amide bonds. The third kappa shape index (κ3) is 39.8. The summed E-state index contributed by atoms with van der Waals surface area (Å²) >= 11 is 5.05. The van der Waals surface area contributed by atoms with Crippen LogP contribution in [0.1, 0.15) is 213 Å². The highest BCUT2D eigenvalue weighted by atomic mass is 32.1. The first-order valence-electron chi connectivity index (χ1n) is 28.1. The van der Waals surface area contributed by atoms with Gasteiger partial charge in [0.05, 0.1) is 42.0 Å². The fourth-order valence-corrected chi connectivity index (χ4v) is 7.07. The number of aromatic amines is 1. The first kappa shape index (κ1) is 75.5. The smallest absolute Gasteiger partial charge is 0.213 e. The van der Waals surface area contributed by atoms with E-state index in [0.717, 1.165) is 48.9 Å². The maximum atomic E-state index is 5.16. The van der Waals surface area contributed by atoms with Gasteiger partial charge in [-0.15, -0.1) is 49.3 Å². The molecule has 0 radical (unpaired) electrons. The number of rotatable bonds is 9. The maximum absolute atomic E-state index is 5.16. The van der Waals surface area contributed by atoms with Crippen LogP contribution < -0.4 is 5.32 Å². The summed E-state index contributed by atoms with van der Waals surface area (Å²) in [7, 11) is 0. The fraction of sp³-hybridized carbons (Fsp3) is 0.603. The van der Waals surface area contributed by atoms with Crippen LogP contribution in [0.4, 0.5) is 0 Å². The van der Waals surface area contributed by atoms with Gasteiger partial charge in [-0.2, -0.15) is 10.1 Å². The number of nitrogens with zero attached hydrogens (tertiary/aromatic N) is 17. The summed E-state index contributed by atoms with van der Waals surface area (Å²) in [4.78, 5) is 39.7. The molecule has 456 valence electrons. The lowest BCUT2D eigenvalue weighted by molar-refractivity contribution is 0.328. The molecule has 21 nitrogen and oxygen atoms in total. The maximum Gasteiger partial charge on any atom is 0.213 e. The topological polar surface area (TPSA) is 252 Å². The molecule has 0 unspecified atom stereocenters. The standard InChI is InChI=1S/C6H10N2.C6H12N2.C6H11NO.2C6H9NS.2C5H9N3.C5H8N2O.C5H8N2S.C4H4N2.C4H10/c1-5(2)6-3-7-4-8-6;2*1-5(2)6-7-3-4-8-6;1-5(2)6-3-7-4-8-6;1-5(2)6-7-3-4-8-6;1-5(2)8-4-6-3-7-8;1-5(2)8-4-3-6-7-8;1-4(2)5-6-3-8-7-5;1-4(2)5-7-6-3-8-5;1-2-5-4-6-3-1;1-4(2)3/h3-5H,1-2H3,(H,7,8);5H,3-4H2,1-2H3,(H,7,8);5H,3-4H2,1-2H3;4*3-5H,1-2H3;2*3-4H,1-2H3;1-4H;4H,1-3H3. The van der Waals surface area contributed by atoms with E-state index < -0.39 is 0 Å². The second-order valence-corrected chi connectivity index (χ2v) is 24.0. The number of nitrogens with one attached hydrogen (secondary N) is 2. The quantitative estimate of drug-likeness (QED) is 0.136. The minimum Gasteiger partial charge on any atom is -0.479 e. The van der Waals surface area contributed by atoms with E-state index in [1.54, 1.807) is 92.5 Å². The van der Waals surface area contributed by atoms with Crippen LogP contribution in [0, 0.1) is 17.8 Å². The molecule has 2 N–H and O–H groups in total. The van der Waals surface area contributed by atoms with Crippen LogP contribution in [0.15, 0.2) is 112 Å². The van der Waals surface area contributed by atoms with Gasteiger partial charge in [-0.25, -0.2) is 24.9 Å². The van der Waals surface area contributed by atoms with Crippen molar-refractivity contribution in [3.05, 3.63) is 124 Å². The number of ether oxygens (including phenoxy) is 1. The van der Waals surface area contributed by atoms with Crippen LogP contribution in [0.5, 0.6) is 0 Å². The zero-order chi connectivity index (χ0) is 61.7. The number of thiazole rings is 2. The number of imidazole rings is 1. The molecule has 8 aromatic rings. The Bertz CT molecular complexity index is 2130. The molecule has 0 saturated heterocycles. The summed E-state index contributed by atoms with van der Waals surface area (Å²) in [6.07, 6.45) is 20.3. The van der Waals surface area contributed by atoms with Gasteiger partial charge in [-0.05, 0) is 51.5 Å². The van der Waals surface area contributed by atoms with Gasteiger partial charge in [0.2, 0.25) is 6.39 Å². The zero-order valence-corrected chi connectivity index (χ0v) is 55.4. The van der Waals surface area contributed by atoms with E-state index in [2.05, 4.69) is 222 Å². The molecule has 0 spiro atoms. The Hall–Kier alpha value is -6.53. The van der Waals surface area contributed by atoms with Crippen LogP contribution in [0.3, 0.4) is 0 Å². The Kier molecular flexibility index (Phi) is 43.3. The summed E-state index contributed by atoms with van der Waals surface area (Å²) in [5.74, 6) is 7.45. The van der Waals surface area contributed by atoms with Gasteiger partial charge >= 0.3 is 0 Å². The molecule has 2 aliphatic heterocycles. The summed E-state index contributed by atoms with van der Waals surface area (Å²) < 4.78 is 13.3. The number of aromatic nitrogens is 16. The lowest BCUT2D eigenvalue weighted by atomic mass is 10.2. The van der Waals surface area contributed by atoms with E-state index in [0.29, 0.717) is 53.5 Å². The largest absolute Gasteiger partial charge is 0.479 e. The normalized spacial score (nSPS) is 11.7. The molecule has 24 heteroatoms. The summed E-state index contributed by atoms with van der Waals surface area (Å²) in [5.41, 5.74) is 4.83. The van der Waals surface area contributed by atoms with E-state index in [1.165, 1.54) is 34.1 Å². The van der Waals surface area contributed by atoms with E-state index in [-0.39, 0.29) is 0 Å². The Morgan fingerprint density at radius 3 is 1.49 bits per heavy atom. The van der Waals surface area contributed by atoms with Gasteiger partial charge in [0, 0.05) is 101 Å². The molecule has 0 aromatic carbocycles. The number of aliphatic imine (C=N–C) groups is 2. The molecule has 10 rings (SSSR count). The van der Waals surface area contributed by atoms with Crippen LogP contribution in [0.2, 0.25) is 0 Å². The molecular formula is C58H99N19O2S3. The average Bonchev–Trinajstić information content (AvgIpc) is 4.31. The lowest BCUT2D eigenvalue weighted by Gasteiger charge is -2.02. The average molecular weight is 1190 g/mol. The SMILES string of the molecule is CC(C)C.CC(C)C1=NCCN1.CC(C)C1=NCCO1.CC(C)c1cnc[nH]1.CC(C)c1cncs1.CC(C)c1nccs1.CC(C)c1ncon1.CC(C)c1nncs1.CC(C)n1ccnn1.CC(C)n1cncn1.c1cncnc1. The van der Waals surface area contributed by atoms with Gasteiger partial charge in [0.15, 0.2) is 11.7 Å². The van der Waals surface area contributed by atoms with Crippen molar-refractivity contribution in [2.24, 2.45) is 27.7 Å². The van der Waals surface area contributed by atoms with Gasteiger partial charge in [0.25, 0.3) is 0 Å². The number of hydrogen-bond acceptors (Lipinski definition) is 21. The molecule has 0 fully saturated rings. The van der Waals surface area contributed by atoms with Gasteiger partial charge in [-0.3, -0.25) is 24.3 Å². The third-order valence-corrected chi connectivity index (χ3v) is 12.8. The molecule has 2 aliphatic rings. The Balaban J connectivity index is 0.000000883. The second kappa shape index (κ2) is 47.0. The van der Waals surface area contributed by atoms with Crippen LogP contribution in [-0.2, 0) is 4.74 Å². The predicted molar refractivity (Wildman–Crippen MR) is 339 cm³/mol. The predicted octanol–water partition coefficient (Wildman–Crippen LogP) is 14.5. The molecule has 10 heterocycles. The molecule has 0 bridgehead atoms. The first-order valence-corrected chi connectivity index (χ1v) is 30.7. The number of hydrogen-bond donors (Lipinski definition) is 2. The molecule has 0 aliphatic carbocycles. The minimum absolute atomic E-state index is 0.369.